The molecule has 0 atom stereocenters. The first-order chi connectivity index (χ1) is 7.72. The van der Waals surface area contributed by atoms with Gasteiger partial charge in [0, 0.05) is 19.3 Å². The topological polar surface area (TPSA) is 41.9 Å². The lowest BCUT2D eigenvalue weighted by Gasteiger charge is -2.09. The Morgan fingerprint density at radius 3 is 2.81 bits per heavy atom. The highest BCUT2D eigenvalue weighted by atomic mass is 32.1. The van der Waals surface area contributed by atoms with Crippen molar-refractivity contribution >= 4 is 17.3 Å². The predicted molar refractivity (Wildman–Crippen MR) is 70.5 cm³/mol. The molecule has 0 saturated carbocycles. The summed E-state index contributed by atoms with van der Waals surface area (Å²) < 4.78 is 1.91. The maximum Gasteiger partial charge on any atom is 0.166 e. The molecule has 5 heteroatoms. The SMILES string of the molecule is CCCCNC(=S)NCCn1cc(C)cn1. The van der Waals surface area contributed by atoms with Crippen LogP contribution in [0.1, 0.15) is 25.3 Å². The van der Waals surface area contributed by atoms with E-state index in [0.717, 1.165) is 31.2 Å². The summed E-state index contributed by atoms with van der Waals surface area (Å²) in [5.41, 5.74) is 1.18. The fourth-order valence-corrected chi connectivity index (χ4v) is 1.52. The summed E-state index contributed by atoms with van der Waals surface area (Å²) >= 11 is 5.14. The van der Waals surface area contributed by atoms with Gasteiger partial charge in [0.15, 0.2) is 5.11 Å². The quantitative estimate of drug-likeness (QED) is 0.583. The number of aryl methyl sites for hydroxylation is 1. The lowest BCUT2D eigenvalue weighted by atomic mass is 10.3. The van der Waals surface area contributed by atoms with Gasteiger partial charge in [0.2, 0.25) is 0 Å². The van der Waals surface area contributed by atoms with Crippen LogP contribution in [0.15, 0.2) is 12.4 Å². The molecule has 2 N–H and O–H groups in total. The van der Waals surface area contributed by atoms with Gasteiger partial charge in [-0.2, -0.15) is 5.10 Å². The molecule has 0 bridgehead atoms. The smallest absolute Gasteiger partial charge is 0.166 e. The van der Waals surface area contributed by atoms with E-state index in [4.69, 9.17) is 12.2 Å². The maximum absolute atomic E-state index is 5.14. The van der Waals surface area contributed by atoms with Crippen molar-refractivity contribution < 1.29 is 0 Å². The third kappa shape index (κ3) is 5.11. The molecule has 1 rings (SSSR count). The summed E-state index contributed by atoms with van der Waals surface area (Å²) in [6.45, 7) is 6.79. The van der Waals surface area contributed by atoms with Crippen LogP contribution in [-0.4, -0.2) is 28.0 Å². The minimum absolute atomic E-state index is 0.734. The molecule has 0 aromatic carbocycles. The van der Waals surface area contributed by atoms with E-state index in [2.05, 4.69) is 22.7 Å². The first-order valence-electron chi connectivity index (χ1n) is 5.73. The van der Waals surface area contributed by atoms with Gasteiger partial charge < -0.3 is 10.6 Å². The highest BCUT2D eigenvalue weighted by Gasteiger charge is 1.96. The minimum Gasteiger partial charge on any atom is -0.363 e. The minimum atomic E-state index is 0.734. The Morgan fingerprint density at radius 2 is 2.19 bits per heavy atom. The zero-order valence-corrected chi connectivity index (χ0v) is 10.8. The molecule has 0 aliphatic rings. The number of unbranched alkanes of at least 4 members (excludes halogenated alkanes) is 1. The van der Waals surface area contributed by atoms with Crippen molar-refractivity contribution in [3.63, 3.8) is 0 Å². The van der Waals surface area contributed by atoms with Crippen LogP contribution in [0.2, 0.25) is 0 Å². The number of aromatic nitrogens is 2. The van der Waals surface area contributed by atoms with Crippen LogP contribution < -0.4 is 10.6 Å². The lowest BCUT2D eigenvalue weighted by molar-refractivity contribution is 0.599. The van der Waals surface area contributed by atoms with Crippen LogP contribution in [0.3, 0.4) is 0 Å². The van der Waals surface area contributed by atoms with Gasteiger partial charge in [0.1, 0.15) is 0 Å². The van der Waals surface area contributed by atoms with E-state index in [0.29, 0.717) is 0 Å². The number of nitrogens with one attached hydrogen (secondary N) is 2. The van der Waals surface area contributed by atoms with Crippen molar-refractivity contribution in [2.24, 2.45) is 0 Å². The fourth-order valence-electron chi connectivity index (χ4n) is 1.31. The molecule has 1 aromatic heterocycles. The molecular formula is C11H20N4S. The maximum atomic E-state index is 5.14. The molecule has 4 nitrogen and oxygen atoms in total. The number of rotatable bonds is 6. The van der Waals surface area contributed by atoms with Crippen LogP contribution in [0.4, 0.5) is 0 Å². The molecule has 0 fully saturated rings. The summed E-state index contributed by atoms with van der Waals surface area (Å²) in [4.78, 5) is 0. The second kappa shape index (κ2) is 7.22. The third-order valence-corrected chi connectivity index (χ3v) is 2.49. The molecule has 0 radical (unpaired) electrons. The first-order valence-corrected chi connectivity index (χ1v) is 6.14. The Bertz CT molecular complexity index is 322. The molecule has 0 amide bonds. The predicted octanol–water partition coefficient (Wildman–Crippen LogP) is 1.46. The van der Waals surface area contributed by atoms with E-state index in [1.54, 1.807) is 0 Å². The highest BCUT2D eigenvalue weighted by molar-refractivity contribution is 7.80. The number of hydrogen-bond acceptors (Lipinski definition) is 2. The van der Waals surface area contributed by atoms with Crippen LogP contribution >= 0.6 is 12.2 Å². The summed E-state index contributed by atoms with van der Waals surface area (Å²) in [5.74, 6) is 0. The molecule has 0 saturated heterocycles. The van der Waals surface area contributed by atoms with Crippen molar-refractivity contribution in [3.8, 4) is 0 Å². The third-order valence-electron chi connectivity index (χ3n) is 2.20. The highest BCUT2D eigenvalue weighted by Crippen LogP contribution is 1.92. The van der Waals surface area contributed by atoms with Gasteiger partial charge in [0.05, 0.1) is 12.7 Å². The van der Waals surface area contributed by atoms with E-state index >= 15 is 0 Å². The van der Waals surface area contributed by atoms with Gasteiger partial charge in [-0.15, -0.1) is 0 Å². The second-order valence-corrected chi connectivity index (χ2v) is 4.23. The monoisotopic (exact) mass is 240 g/mol. The van der Waals surface area contributed by atoms with Crippen molar-refractivity contribution in [2.75, 3.05) is 13.1 Å². The fraction of sp³-hybridized carbons (Fsp3) is 0.636. The standard InChI is InChI=1S/C11H20N4S/c1-3-4-5-12-11(16)13-6-7-15-9-10(2)8-14-15/h8-9H,3-7H2,1-2H3,(H2,12,13,16). The first kappa shape index (κ1) is 13.0. The molecule has 90 valence electrons. The van der Waals surface area contributed by atoms with Crippen molar-refractivity contribution in [1.82, 2.24) is 20.4 Å². The number of nitrogens with zero attached hydrogens (tertiary/aromatic N) is 2. The zero-order valence-electron chi connectivity index (χ0n) is 9.99. The summed E-state index contributed by atoms with van der Waals surface area (Å²) in [7, 11) is 0. The molecule has 0 unspecified atom stereocenters. The molecule has 1 heterocycles. The van der Waals surface area contributed by atoms with Gasteiger partial charge >= 0.3 is 0 Å². The van der Waals surface area contributed by atoms with Crippen LogP contribution in [0, 0.1) is 6.92 Å². The number of hydrogen-bond donors (Lipinski definition) is 2. The average Bonchev–Trinajstić information content (AvgIpc) is 2.65. The van der Waals surface area contributed by atoms with Crippen molar-refractivity contribution in [2.45, 2.75) is 33.2 Å². The molecule has 0 aliphatic carbocycles. The molecule has 0 spiro atoms. The summed E-state index contributed by atoms with van der Waals surface area (Å²) in [6.07, 6.45) is 6.22. The summed E-state index contributed by atoms with van der Waals surface area (Å²) in [6, 6.07) is 0. The molecular weight excluding hydrogens is 220 g/mol. The zero-order chi connectivity index (χ0) is 11.8. The van der Waals surface area contributed by atoms with E-state index in [1.807, 2.05) is 24.0 Å². The molecule has 0 aliphatic heterocycles. The van der Waals surface area contributed by atoms with E-state index < -0.39 is 0 Å². The Morgan fingerprint density at radius 1 is 1.44 bits per heavy atom. The van der Waals surface area contributed by atoms with Gasteiger partial charge in [0.25, 0.3) is 0 Å². The Hall–Kier alpha value is -1.10. The van der Waals surface area contributed by atoms with E-state index in [1.165, 1.54) is 12.0 Å². The van der Waals surface area contributed by atoms with Gasteiger partial charge in [-0.25, -0.2) is 0 Å². The van der Waals surface area contributed by atoms with Crippen molar-refractivity contribution in [1.29, 1.82) is 0 Å². The van der Waals surface area contributed by atoms with Gasteiger partial charge in [-0.1, -0.05) is 13.3 Å². The van der Waals surface area contributed by atoms with E-state index in [9.17, 15) is 0 Å². The Balaban J connectivity index is 2.08. The molecule has 16 heavy (non-hydrogen) atoms. The van der Waals surface area contributed by atoms with Crippen LogP contribution in [0.25, 0.3) is 0 Å². The van der Waals surface area contributed by atoms with Gasteiger partial charge in [-0.05, 0) is 31.1 Å². The van der Waals surface area contributed by atoms with Gasteiger partial charge in [-0.3, -0.25) is 4.68 Å². The second-order valence-electron chi connectivity index (χ2n) is 3.82. The molecule has 1 aromatic rings. The Labute approximate surface area is 102 Å². The average molecular weight is 240 g/mol. The normalized spacial score (nSPS) is 10.1. The Kier molecular flexibility index (Phi) is 5.85. The largest absolute Gasteiger partial charge is 0.363 e. The summed E-state index contributed by atoms with van der Waals surface area (Å²) in [5, 5.41) is 11.3. The van der Waals surface area contributed by atoms with Crippen LogP contribution in [-0.2, 0) is 6.54 Å². The lowest BCUT2D eigenvalue weighted by Crippen LogP contribution is -2.37. The number of thiocarbonyl (C=S) groups is 1. The van der Waals surface area contributed by atoms with Crippen molar-refractivity contribution in [3.05, 3.63) is 18.0 Å². The van der Waals surface area contributed by atoms with Crippen LogP contribution in [0.5, 0.6) is 0 Å². The van der Waals surface area contributed by atoms with E-state index in [-0.39, 0.29) is 0 Å².